The van der Waals surface area contributed by atoms with Crippen molar-refractivity contribution in [3.05, 3.63) is 29.8 Å². The summed E-state index contributed by atoms with van der Waals surface area (Å²) in [5.74, 6) is 0.434. The predicted octanol–water partition coefficient (Wildman–Crippen LogP) is 8.13. The first-order valence-electron chi connectivity index (χ1n) is 12.7. The minimum absolute atomic E-state index is 0.0255. The third-order valence-electron chi connectivity index (χ3n) is 5.83. The number of carbonyl (C=O) groups excluding carboxylic acids is 1. The average molecular weight is 419 g/mol. The summed E-state index contributed by atoms with van der Waals surface area (Å²) < 4.78 is 4.76. The van der Waals surface area contributed by atoms with Crippen LogP contribution in [0.2, 0.25) is 0 Å². The lowest BCUT2D eigenvalue weighted by atomic mass is 10.0. The number of phenolic OH excluding ortho intramolecular Hbond substituents is 1. The van der Waals surface area contributed by atoms with E-state index < -0.39 is 0 Å². The number of aromatic hydroxyl groups is 1. The second-order valence-electron chi connectivity index (χ2n) is 8.65. The molecule has 1 N–H and O–H groups in total. The largest absolute Gasteiger partial charge is 0.508 e. The van der Waals surface area contributed by atoms with Gasteiger partial charge in [-0.2, -0.15) is 0 Å². The first kappa shape index (κ1) is 26.5. The lowest BCUT2D eigenvalue weighted by Crippen LogP contribution is -2.00. The third kappa shape index (κ3) is 15.3. The van der Waals surface area contributed by atoms with Crippen LogP contribution in [0.4, 0.5) is 0 Å². The molecule has 0 amide bonds. The highest BCUT2D eigenvalue weighted by molar-refractivity contribution is 5.69. The van der Waals surface area contributed by atoms with E-state index in [0.717, 1.165) is 31.2 Å². The second-order valence-corrected chi connectivity index (χ2v) is 8.65. The van der Waals surface area contributed by atoms with Crippen LogP contribution in [0.1, 0.15) is 122 Å². The van der Waals surface area contributed by atoms with Gasteiger partial charge in [0.15, 0.2) is 0 Å². The van der Waals surface area contributed by atoms with Gasteiger partial charge >= 0.3 is 5.97 Å². The Bertz CT molecular complexity index is 517. The maximum Gasteiger partial charge on any atom is 0.305 e. The minimum Gasteiger partial charge on any atom is -0.508 e. The zero-order valence-electron chi connectivity index (χ0n) is 19.5. The van der Waals surface area contributed by atoms with Gasteiger partial charge in [-0.05, 0) is 43.7 Å². The number of rotatable bonds is 14. The molecule has 172 valence electrons. The Morgan fingerprint density at radius 2 is 1.33 bits per heavy atom. The van der Waals surface area contributed by atoms with Crippen molar-refractivity contribution in [1.82, 2.24) is 0 Å². The van der Waals surface area contributed by atoms with Crippen LogP contribution in [0.3, 0.4) is 0 Å². The van der Waals surface area contributed by atoms with Crippen LogP contribution < -0.4 is 0 Å². The Kier molecular flexibility index (Phi) is 17.2. The maximum absolute atomic E-state index is 10.5. The lowest BCUT2D eigenvalue weighted by molar-refractivity contribution is -0.142. The second kappa shape index (κ2) is 19.5. The quantitative estimate of drug-likeness (QED) is 0.245. The molecule has 0 bridgehead atoms. The fraction of sp³-hybridized carbons (Fsp3) is 0.741. The highest BCUT2D eigenvalue weighted by Crippen LogP contribution is 2.19. The number of hydrogen-bond donors (Lipinski definition) is 1. The van der Waals surface area contributed by atoms with Crippen molar-refractivity contribution in [3.63, 3.8) is 0 Å². The molecule has 1 aliphatic rings. The van der Waals surface area contributed by atoms with Gasteiger partial charge in [0.05, 0.1) is 6.61 Å². The molecule has 1 heterocycles. The van der Waals surface area contributed by atoms with E-state index >= 15 is 0 Å². The molecule has 0 unspecified atom stereocenters. The standard InChI is InChI=1S/C21H36O.C6H10O2/c1-2-3-4-5-6-7-8-9-10-11-12-13-14-17-20-18-15-16-19-21(20)22;7-6-4-2-1-3-5-8-6/h15-16,18-19,22H,2-14,17H2,1H3;1-5H2. The Morgan fingerprint density at radius 1 is 0.767 bits per heavy atom. The number of phenols is 1. The summed E-state index contributed by atoms with van der Waals surface area (Å²) in [4.78, 5) is 10.5. The Morgan fingerprint density at radius 3 is 1.93 bits per heavy atom. The monoisotopic (exact) mass is 418 g/mol. The molecule has 1 saturated heterocycles. The van der Waals surface area contributed by atoms with Gasteiger partial charge in [0.1, 0.15) is 5.75 Å². The summed E-state index contributed by atoms with van der Waals surface area (Å²) in [5, 5.41) is 9.70. The van der Waals surface area contributed by atoms with Gasteiger partial charge in [-0.3, -0.25) is 4.79 Å². The number of unbranched alkanes of at least 4 members (excludes halogenated alkanes) is 12. The smallest absolute Gasteiger partial charge is 0.305 e. The van der Waals surface area contributed by atoms with Crippen molar-refractivity contribution >= 4 is 5.97 Å². The van der Waals surface area contributed by atoms with E-state index in [0.29, 0.717) is 18.8 Å². The summed E-state index contributed by atoms with van der Waals surface area (Å²) >= 11 is 0. The third-order valence-corrected chi connectivity index (χ3v) is 5.83. The van der Waals surface area contributed by atoms with Gasteiger partial charge in [0, 0.05) is 6.42 Å². The van der Waals surface area contributed by atoms with Gasteiger partial charge < -0.3 is 9.84 Å². The van der Waals surface area contributed by atoms with Crippen LogP contribution in [0, 0.1) is 0 Å². The molecule has 0 radical (unpaired) electrons. The number of ether oxygens (including phenoxy) is 1. The maximum atomic E-state index is 10.5. The summed E-state index contributed by atoms with van der Waals surface area (Å²) in [6.45, 7) is 2.92. The molecule has 0 spiro atoms. The molecular weight excluding hydrogens is 372 g/mol. The summed E-state index contributed by atoms with van der Waals surface area (Å²) in [5.41, 5.74) is 1.10. The zero-order valence-corrected chi connectivity index (χ0v) is 19.5. The Labute approximate surface area is 185 Å². The molecule has 1 aliphatic heterocycles. The number of cyclic esters (lactones) is 1. The van der Waals surface area contributed by atoms with Crippen molar-refractivity contribution in [3.8, 4) is 5.75 Å². The van der Waals surface area contributed by atoms with Crippen LogP contribution in [0.25, 0.3) is 0 Å². The van der Waals surface area contributed by atoms with E-state index in [1.54, 1.807) is 6.07 Å². The Hall–Kier alpha value is -1.51. The molecule has 0 aliphatic carbocycles. The first-order chi connectivity index (χ1) is 14.7. The zero-order chi connectivity index (χ0) is 21.7. The summed E-state index contributed by atoms with van der Waals surface area (Å²) in [6.07, 6.45) is 22.9. The van der Waals surface area contributed by atoms with Crippen molar-refractivity contribution < 1.29 is 14.6 Å². The molecule has 1 aromatic rings. The molecule has 30 heavy (non-hydrogen) atoms. The van der Waals surface area contributed by atoms with Crippen LogP contribution in [-0.2, 0) is 16.0 Å². The van der Waals surface area contributed by atoms with Gasteiger partial charge in [0.2, 0.25) is 0 Å². The van der Waals surface area contributed by atoms with E-state index in [9.17, 15) is 9.90 Å². The Balaban J connectivity index is 0.000000467. The molecule has 1 fully saturated rings. The van der Waals surface area contributed by atoms with Crippen molar-refractivity contribution in [1.29, 1.82) is 0 Å². The van der Waals surface area contributed by atoms with E-state index in [1.165, 1.54) is 83.5 Å². The summed E-state index contributed by atoms with van der Waals surface area (Å²) in [6, 6.07) is 7.73. The first-order valence-corrected chi connectivity index (χ1v) is 12.7. The van der Waals surface area contributed by atoms with E-state index in [1.807, 2.05) is 18.2 Å². The molecular formula is C27H46O3. The van der Waals surface area contributed by atoms with Crippen molar-refractivity contribution in [2.75, 3.05) is 6.61 Å². The van der Waals surface area contributed by atoms with E-state index in [2.05, 4.69) is 6.92 Å². The van der Waals surface area contributed by atoms with Gasteiger partial charge in [-0.25, -0.2) is 0 Å². The minimum atomic E-state index is -0.0255. The number of hydrogen-bond acceptors (Lipinski definition) is 3. The number of esters is 1. The van der Waals surface area contributed by atoms with Gasteiger partial charge in [0.25, 0.3) is 0 Å². The van der Waals surface area contributed by atoms with E-state index in [4.69, 9.17) is 4.74 Å². The van der Waals surface area contributed by atoms with Crippen LogP contribution >= 0.6 is 0 Å². The fourth-order valence-corrected chi connectivity index (χ4v) is 3.86. The van der Waals surface area contributed by atoms with E-state index in [-0.39, 0.29) is 5.97 Å². The molecule has 3 heteroatoms. The van der Waals surface area contributed by atoms with Crippen LogP contribution in [0.15, 0.2) is 24.3 Å². The van der Waals surface area contributed by atoms with Gasteiger partial charge in [-0.1, -0.05) is 102 Å². The molecule has 0 saturated carbocycles. The fourth-order valence-electron chi connectivity index (χ4n) is 3.86. The molecule has 3 nitrogen and oxygen atoms in total. The van der Waals surface area contributed by atoms with Crippen LogP contribution in [0.5, 0.6) is 5.75 Å². The molecule has 0 aromatic heterocycles. The van der Waals surface area contributed by atoms with Crippen LogP contribution in [-0.4, -0.2) is 17.7 Å². The molecule has 0 atom stereocenters. The number of carbonyl (C=O) groups is 1. The normalized spacial score (nSPS) is 13.8. The predicted molar refractivity (Wildman–Crippen MR) is 127 cm³/mol. The SMILES string of the molecule is CCCCCCCCCCCCCCCc1ccccc1O.O=C1CCCCCO1. The number of aryl methyl sites for hydroxylation is 1. The van der Waals surface area contributed by atoms with Crippen molar-refractivity contribution in [2.45, 2.75) is 122 Å². The highest BCUT2D eigenvalue weighted by Gasteiger charge is 2.05. The molecule has 2 rings (SSSR count). The number of para-hydroxylation sites is 1. The van der Waals surface area contributed by atoms with Crippen molar-refractivity contribution in [2.24, 2.45) is 0 Å². The lowest BCUT2D eigenvalue weighted by Gasteiger charge is -2.05. The highest BCUT2D eigenvalue weighted by atomic mass is 16.5. The average Bonchev–Trinajstić information content (AvgIpc) is 3.00. The van der Waals surface area contributed by atoms with Gasteiger partial charge in [-0.15, -0.1) is 0 Å². The topological polar surface area (TPSA) is 46.5 Å². The summed E-state index contributed by atoms with van der Waals surface area (Å²) in [7, 11) is 0. The number of benzene rings is 1. The molecule has 1 aromatic carbocycles.